The highest BCUT2D eigenvalue weighted by Gasteiger charge is 2.22. The standard InChI is InChI=1S/C26H28N2O3/c1-26(2,3)31-25(30)27-18-19-14-16-22(17-15-19)28-24(29)23(20-10-6-4-7-11-20)21-12-8-5-9-13-21/h4-17,23H,18H2,1-3H3,(H,27,30)(H,28,29). The van der Waals surface area contributed by atoms with Gasteiger partial charge in [0.15, 0.2) is 0 Å². The van der Waals surface area contributed by atoms with Crippen LogP contribution < -0.4 is 10.6 Å². The molecule has 5 nitrogen and oxygen atoms in total. The Balaban J connectivity index is 1.67. The molecule has 3 aromatic rings. The summed E-state index contributed by atoms with van der Waals surface area (Å²) in [5.74, 6) is -0.507. The SMILES string of the molecule is CC(C)(C)OC(=O)NCc1ccc(NC(=O)C(c2ccccc2)c2ccccc2)cc1. The Hall–Kier alpha value is -3.60. The molecule has 0 radical (unpaired) electrons. The van der Waals surface area contributed by atoms with Crippen LogP contribution in [0.2, 0.25) is 0 Å². The van der Waals surface area contributed by atoms with Gasteiger partial charge < -0.3 is 15.4 Å². The summed E-state index contributed by atoms with van der Waals surface area (Å²) < 4.78 is 5.24. The van der Waals surface area contributed by atoms with Crippen molar-refractivity contribution in [2.45, 2.75) is 38.8 Å². The second-order valence-corrected chi connectivity index (χ2v) is 8.30. The van der Waals surface area contributed by atoms with Gasteiger partial charge in [-0.1, -0.05) is 72.8 Å². The Labute approximate surface area is 183 Å². The zero-order valence-electron chi connectivity index (χ0n) is 18.1. The first kappa shape index (κ1) is 22.1. The van der Waals surface area contributed by atoms with Gasteiger partial charge >= 0.3 is 6.09 Å². The number of ether oxygens (including phenoxy) is 1. The van der Waals surface area contributed by atoms with Crippen LogP contribution in [0.15, 0.2) is 84.9 Å². The highest BCUT2D eigenvalue weighted by molar-refractivity contribution is 5.98. The van der Waals surface area contributed by atoms with Crippen molar-refractivity contribution in [1.82, 2.24) is 5.32 Å². The van der Waals surface area contributed by atoms with Crippen molar-refractivity contribution in [1.29, 1.82) is 0 Å². The number of carbonyl (C=O) groups is 2. The summed E-state index contributed by atoms with van der Waals surface area (Å²) in [6.07, 6.45) is -0.460. The van der Waals surface area contributed by atoms with Gasteiger partial charge in [-0.05, 0) is 49.6 Å². The van der Waals surface area contributed by atoms with Crippen LogP contribution >= 0.6 is 0 Å². The minimum Gasteiger partial charge on any atom is -0.444 e. The van der Waals surface area contributed by atoms with Crippen molar-refractivity contribution in [2.75, 3.05) is 5.32 Å². The molecule has 0 aliphatic carbocycles. The normalized spacial score (nSPS) is 11.1. The Kier molecular flexibility index (Phi) is 7.08. The number of alkyl carbamates (subject to hydrolysis) is 1. The molecule has 0 saturated heterocycles. The summed E-state index contributed by atoms with van der Waals surface area (Å²) in [5.41, 5.74) is 2.94. The number of amides is 2. The first-order valence-electron chi connectivity index (χ1n) is 10.3. The van der Waals surface area contributed by atoms with Gasteiger partial charge in [0.25, 0.3) is 0 Å². The van der Waals surface area contributed by atoms with Gasteiger partial charge in [0.1, 0.15) is 5.60 Å². The lowest BCUT2D eigenvalue weighted by atomic mass is 9.90. The topological polar surface area (TPSA) is 67.4 Å². The van der Waals surface area contributed by atoms with Gasteiger partial charge in [-0.15, -0.1) is 0 Å². The molecule has 3 aromatic carbocycles. The maximum absolute atomic E-state index is 13.2. The molecule has 31 heavy (non-hydrogen) atoms. The van der Waals surface area contributed by atoms with Crippen molar-refractivity contribution in [3.63, 3.8) is 0 Å². The van der Waals surface area contributed by atoms with E-state index in [4.69, 9.17) is 4.74 Å². The highest BCUT2D eigenvalue weighted by atomic mass is 16.6. The van der Waals surface area contributed by atoms with Gasteiger partial charge in [-0.2, -0.15) is 0 Å². The molecule has 160 valence electrons. The van der Waals surface area contributed by atoms with Gasteiger partial charge in [0.05, 0.1) is 5.92 Å². The summed E-state index contributed by atoms with van der Waals surface area (Å²) in [7, 11) is 0. The third-order valence-corrected chi connectivity index (χ3v) is 4.59. The van der Waals surface area contributed by atoms with E-state index in [-0.39, 0.29) is 5.91 Å². The monoisotopic (exact) mass is 416 g/mol. The molecule has 0 bridgehead atoms. The molecule has 0 saturated carbocycles. The lowest BCUT2D eigenvalue weighted by Crippen LogP contribution is -2.32. The average molecular weight is 417 g/mol. The van der Waals surface area contributed by atoms with E-state index in [1.165, 1.54) is 0 Å². The number of anilines is 1. The molecule has 5 heteroatoms. The van der Waals surface area contributed by atoms with Gasteiger partial charge in [0, 0.05) is 12.2 Å². The molecular weight excluding hydrogens is 388 g/mol. The predicted octanol–water partition coefficient (Wildman–Crippen LogP) is 5.48. The molecule has 0 unspecified atom stereocenters. The Morgan fingerprint density at radius 1 is 0.806 bits per heavy atom. The smallest absolute Gasteiger partial charge is 0.407 e. The molecule has 3 rings (SSSR count). The molecule has 0 atom stereocenters. The van der Waals surface area contributed by atoms with Crippen molar-refractivity contribution in [2.24, 2.45) is 0 Å². The van der Waals surface area contributed by atoms with E-state index in [0.29, 0.717) is 12.2 Å². The van der Waals surface area contributed by atoms with E-state index in [9.17, 15) is 9.59 Å². The summed E-state index contributed by atoms with van der Waals surface area (Å²) >= 11 is 0. The van der Waals surface area contributed by atoms with E-state index in [2.05, 4.69) is 10.6 Å². The quantitative estimate of drug-likeness (QED) is 0.559. The molecule has 0 aliphatic heterocycles. The number of nitrogens with one attached hydrogen (secondary N) is 2. The molecule has 2 N–H and O–H groups in total. The van der Waals surface area contributed by atoms with E-state index < -0.39 is 17.6 Å². The van der Waals surface area contributed by atoms with Gasteiger partial charge in [0.2, 0.25) is 5.91 Å². The van der Waals surface area contributed by atoms with Crippen LogP contribution in [0.4, 0.5) is 10.5 Å². The third-order valence-electron chi connectivity index (χ3n) is 4.59. The summed E-state index contributed by atoms with van der Waals surface area (Å²) in [4.78, 5) is 25.0. The highest BCUT2D eigenvalue weighted by Crippen LogP contribution is 2.26. The second kappa shape index (κ2) is 9.94. The lowest BCUT2D eigenvalue weighted by Gasteiger charge is -2.20. The van der Waals surface area contributed by atoms with Crippen molar-refractivity contribution in [3.05, 3.63) is 102 Å². The predicted molar refractivity (Wildman–Crippen MR) is 123 cm³/mol. The number of carbonyl (C=O) groups excluding carboxylic acids is 2. The first-order chi connectivity index (χ1) is 14.8. The number of hydrogen-bond acceptors (Lipinski definition) is 3. The van der Waals surface area contributed by atoms with E-state index in [0.717, 1.165) is 16.7 Å². The molecular formula is C26H28N2O3. The van der Waals surface area contributed by atoms with E-state index in [1.54, 1.807) is 0 Å². The Bertz CT molecular complexity index is 955. The van der Waals surface area contributed by atoms with Crippen molar-refractivity contribution < 1.29 is 14.3 Å². The van der Waals surface area contributed by atoms with Gasteiger partial charge in [-0.3, -0.25) is 4.79 Å². The van der Waals surface area contributed by atoms with Crippen LogP contribution in [0.1, 0.15) is 43.4 Å². The van der Waals surface area contributed by atoms with E-state index in [1.807, 2.05) is 106 Å². The fourth-order valence-electron chi connectivity index (χ4n) is 3.19. The van der Waals surface area contributed by atoms with Crippen LogP contribution in [0.5, 0.6) is 0 Å². The summed E-state index contributed by atoms with van der Waals surface area (Å²) in [6, 6.07) is 26.9. The van der Waals surface area contributed by atoms with Crippen LogP contribution in [0.25, 0.3) is 0 Å². The second-order valence-electron chi connectivity index (χ2n) is 8.30. The van der Waals surface area contributed by atoms with Crippen molar-refractivity contribution in [3.8, 4) is 0 Å². The Morgan fingerprint density at radius 3 is 1.81 bits per heavy atom. The molecule has 0 aromatic heterocycles. The zero-order valence-corrected chi connectivity index (χ0v) is 18.1. The lowest BCUT2D eigenvalue weighted by molar-refractivity contribution is -0.116. The minimum absolute atomic E-state index is 0.1000. The number of rotatable bonds is 6. The molecule has 0 fully saturated rings. The maximum Gasteiger partial charge on any atom is 0.407 e. The molecule has 2 amide bonds. The maximum atomic E-state index is 13.2. The first-order valence-corrected chi connectivity index (χ1v) is 10.3. The van der Waals surface area contributed by atoms with Crippen LogP contribution in [-0.2, 0) is 16.1 Å². The summed E-state index contributed by atoms with van der Waals surface area (Å²) in [5, 5.41) is 5.74. The van der Waals surface area contributed by atoms with Crippen LogP contribution in [-0.4, -0.2) is 17.6 Å². The van der Waals surface area contributed by atoms with Gasteiger partial charge in [-0.25, -0.2) is 4.79 Å². The zero-order chi connectivity index (χ0) is 22.3. The van der Waals surface area contributed by atoms with Crippen LogP contribution in [0.3, 0.4) is 0 Å². The molecule has 0 aliphatic rings. The minimum atomic E-state index is -0.535. The average Bonchev–Trinajstić information content (AvgIpc) is 2.74. The fourth-order valence-corrected chi connectivity index (χ4v) is 3.19. The van der Waals surface area contributed by atoms with Crippen molar-refractivity contribution >= 4 is 17.7 Å². The third kappa shape index (κ3) is 6.71. The number of hydrogen-bond donors (Lipinski definition) is 2. The fraction of sp³-hybridized carbons (Fsp3) is 0.231. The van der Waals surface area contributed by atoms with E-state index >= 15 is 0 Å². The van der Waals surface area contributed by atoms with Crippen LogP contribution in [0, 0.1) is 0 Å². The number of benzene rings is 3. The summed E-state index contributed by atoms with van der Waals surface area (Å²) in [6.45, 7) is 5.81. The molecule has 0 heterocycles. The molecule has 0 spiro atoms. The largest absolute Gasteiger partial charge is 0.444 e. The Morgan fingerprint density at radius 2 is 1.32 bits per heavy atom.